The Kier molecular flexibility index (Phi) is 6.00. The summed E-state index contributed by atoms with van der Waals surface area (Å²) in [6, 6.07) is 15.7. The molecule has 2 heterocycles. The third kappa shape index (κ3) is 4.65. The molecule has 0 saturated carbocycles. The Bertz CT molecular complexity index is 853. The van der Waals surface area contributed by atoms with Crippen LogP contribution in [0.25, 0.3) is 0 Å². The molecule has 7 heteroatoms. The highest BCUT2D eigenvalue weighted by Gasteiger charge is 2.28. The first kappa shape index (κ1) is 18.8. The van der Waals surface area contributed by atoms with E-state index in [1.165, 1.54) is 35.3 Å². The number of carbonyl (C=O) groups is 2. The van der Waals surface area contributed by atoms with Crippen LogP contribution in [0.5, 0.6) is 0 Å². The maximum Gasteiger partial charge on any atom is 0.238 e. The summed E-state index contributed by atoms with van der Waals surface area (Å²) in [5, 5.41) is 5.44. The van der Waals surface area contributed by atoms with Crippen LogP contribution in [0.4, 0.5) is 11.4 Å². The zero-order valence-electron chi connectivity index (χ0n) is 14.6. The maximum absolute atomic E-state index is 12.5. The van der Waals surface area contributed by atoms with E-state index in [1.807, 2.05) is 59.9 Å². The fourth-order valence-electron chi connectivity index (χ4n) is 3.05. The molecule has 2 aliphatic rings. The number of para-hydroxylation sites is 1. The summed E-state index contributed by atoms with van der Waals surface area (Å²) in [6.45, 7) is 0. The molecule has 2 aliphatic heterocycles. The molecule has 2 amide bonds. The highest BCUT2D eigenvalue weighted by Crippen LogP contribution is 2.44. The van der Waals surface area contributed by atoms with E-state index in [4.69, 9.17) is 0 Å². The van der Waals surface area contributed by atoms with Crippen LogP contribution in [0.1, 0.15) is 23.0 Å². The maximum atomic E-state index is 12.5. The van der Waals surface area contributed by atoms with Crippen LogP contribution in [0.2, 0.25) is 0 Å². The second kappa shape index (κ2) is 8.63. The Hall–Kier alpha value is -1.57. The van der Waals surface area contributed by atoms with E-state index >= 15 is 0 Å². The Morgan fingerprint density at radius 1 is 1.11 bits per heavy atom. The van der Waals surface area contributed by atoms with Gasteiger partial charge in [0.05, 0.1) is 15.5 Å². The Balaban J connectivity index is 1.39. The highest BCUT2D eigenvalue weighted by molar-refractivity contribution is 8.16. The van der Waals surface area contributed by atoms with E-state index < -0.39 is 5.25 Å². The minimum Gasteiger partial charge on any atom is -0.326 e. The van der Waals surface area contributed by atoms with Crippen molar-refractivity contribution in [3.63, 3.8) is 0 Å². The van der Waals surface area contributed by atoms with Gasteiger partial charge in [0.1, 0.15) is 0 Å². The zero-order chi connectivity index (χ0) is 18.6. The molecule has 0 aliphatic carbocycles. The molecule has 2 aromatic rings. The normalized spacial score (nSPS) is 19.9. The van der Waals surface area contributed by atoms with Crippen LogP contribution in [-0.2, 0) is 9.59 Å². The predicted octanol–water partition coefficient (Wildman–Crippen LogP) is 5.00. The number of carbonyl (C=O) groups excluding carboxylic acids is 2. The van der Waals surface area contributed by atoms with Crippen LogP contribution in [0, 0.1) is 0 Å². The van der Waals surface area contributed by atoms with Crippen molar-refractivity contribution in [3.8, 4) is 0 Å². The van der Waals surface area contributed by atoms with Crippen molar-refractivity contribution in [2.24, 2.45) is 0 Å². The SMILES string of the molecule is O=C(CC1Sc2ccccc2NC1=O)Nc1cccc(C2SCCCS2)c1. The molecule has 2 aromatic carbocycles. The lowest BCUT2D eigenvalue weighted by Crippen LogP contribution is -2.32. The van der Waals surface area contributed by atoms with E-state index in [0.717, 1.165) is 16.3 Å². The molecule has 1 atom stereocenters. The fourth-order valence-corrected chi connectivity index (χ4v) is 7.03. The molecule has 0 aromatic heterocycles. The molecule has 4 nitrogen and oxygen atoms in total. The van der Waals surface area contributed by atoms with Crippen molar-refractivity contribution >= 4 is 58.5 Å². The Morgan fingerprint density at radius 3 is 2.78 bits per heavy atom. The number of rotatable bonds is 4. The molecule has 4 rings (SSSR count). The van der Waals surface area contributed by atoms with E-state index in [1.54, 1.807) is 0 Å². The first-order valence-electron chi connectivity index (χ1n) is 8.88. The molecule has 2 N–H and O–H groups in total. The van der Waals surface area contributed by atoms with Gasteiger partial charge in [0.25, 0.3) is 0 Å². The van der Waals surface area contributed by atoms with Crippen LogP contribution in [0.15, 0.2) is 53.4 Å². The molecule has 0 bridgehead atoms. The van der Waals surface area contributed by atoms with Crippen molar-refractivity contribution in [2.75, 3.05) is 22.1 Å². The summed E-state index contributed by atoms with van der Waals surface area (Å²) >= 11 is 5.37. The number of amides is 2. The van der Waals surface area contributed by atoms with Gasteiger partial charge in [-0.15, -0.1) is 35.3 Å². The second-order valence-electron chi connectivity index (χ2n) is 6.40. The average molecular weight is 417 g/mol. The van der Waals surface area contributed by atoms with Crippen molar-refractivity contribution in [1.82, 2.24) is 0 Å². The van der Waals surface area contributed by atoms with E-state index in [0.29, 0.717) is 4.58 Å². The van der Waals surface area contributed by atoms with Crippen molar-refractivity contribution in [3.05, 3.63) is 54.1 Å². The lowest BCUT2D eigenvalue weighted by Gasteiger charge is -2.24. The quantitative estimate of drug-likeness (QED) is 0.735. The first-order valence-corrected chi connectivity index (χ1v) is 11.9. The number of hydrogen-bond donors (Lipinski definition) is 2. The Labute approximate surface area is 171 Å². The molecule has 27 heavy (non-hydrogen) atoms. The van der Waals surface area contributed by atoms with Gasteiger partial charge in [0.2, 0.25) is 11.8 Å². The van der Waals surface area contributed by atoms with Crippen molar-refractivity contribution in [1.29, 1.82) is 0 Å². The van der Waals surface area contributed by atoms with Gasteiger partial charge in [-0.1, -0.05) is 24.3 Å². The first-order chi connectivity index (χ1) is 13.2. The number of hydrogen-bond acceptors (Lipinski definition) is 5. The van der Waals surface area contributed by atoms with Gasteiger partial charge < -0.3 is 10.6 Å². The van der Waals surface area contributed by atoms with Crippen LogP contribution in [0.3, 0.4) is 0 Å². The second-order valence-corrected chi connectivity index (χ2v) is 10.4. The Morgan fingerprint density at radius 2 is 1.93 bits per heavy atom. The molecular formula is C20H20N2O2S3. The molecule has 1 saturated heterocycles. The van der Waals surface area contributed by atoms with Crippen molar-refractivity contribution in [2.45, 2.75) is 27.6 Å². The summed E-state index contributed by atoms with van der Waals surface area (Å²) in [5.74, 6) is 2.12. The van der Waals surface area contributed by atoms with Gasteiger partial charge in [0.15, 0.2) is 0 Å². The van der Waals surface area contributed by atoms with Gasteiger partial charge >= 0.3 is 0 Å². The molecule has 0 spiro atoms. The topological polar surface area (TPSA) is 58.2 Å². The lowest BCUT2D eigenvalue weighted by atomic mass is 10.2. The largest absolute Gasteiger partial charge is 0.326 e. The summed E-state index contributed by atoms with van der Waals surface area (Å²) in [6.07, 6.45) is 1.41. The van der Waals surface area contributed by atoms with Crippen LogP contribution in [-0.4, -0.2) is 28.6 Å². The van der Waals surface area contributed by atoms with E-state index in [9.17, 15) is 9.59 Å². The minimum absolute atomic E-state index is 0.113. The summed E-state index contributed by atoms with van der Waals surface area (Å²) in [5.41, 5.74) is 2.85. The van der Waals surface area contributed by atoms with Crippen LogP contribution < -0.4 is 10.6 Å². The standard InChI is InChI=1S/C20H20N2O2S3/c23-18(12-17-19(24)22-15-7-1-2-8-16(15)27-17)21-14-6-3-5-13(11-14)20-25-9-4-10-26-20/h1-3,5-8,11,17,20H,4,9-10,12H2,(H,21,23)(H,22,24). The monoisotopic (exact) mass is 416 g/mol. The third-order valence-electron chi connectivity index (χ3n) is 4.35. The van der Waals surface area contributed by atoms with Crippen molar-refractivity contribution < 1.29 is 9.59 Å². The number of fused-ring (bicyclic) bond motifs is 1. The third-order valence-corrected chi connectivity index (χ3v) is 8.64. The van der Waals surface area contributed by atoms with Gasteiger partial charge in [-0.3, -0.25) is 9.59 Å². The van der Waals surface area contributed by atoms with Gasteiger partial charge in [0, 0.05) is 17.0 Å². The van der Waals surface area contributed by atoms with E-state index in [-0.39, 0.29) is 18.2 Å². The number of benzene rings is 2. The van der Waals surface area contributed by atoms with Gasteiger partial charge in [-0.25, -0.2) is 0 Å². The molecule has 1 fully saturated rings. The summed E-state index contributed by atoms with van der Waals surface area (Å²) in [4.78, 5) is 25.8. The summed E-state index contributed by atoms with van der Waals surface area (Å²) in [7, 11) is 0. The average Bonchev–Trinajstić information content (AvgIpc) is 2.69. The number of nitrogens with one attached hydrogen (secondary N) is 2. The summed E-state index contributed by atoms with van der Waals surface area (Å²) < 4.78 is 0.437. The van der Waals surface area contributed by atoms with E-state index in [2.05, 4.69) is 22.8 Å². The number of anilines is 2. The van der Waals surface area contributed by atoms with Gasteiger partial charge in [-0.2, -0.15) is 0 Å². The molecule has 0 radical (unpaired) electrons. The lowest BCUT2D eigenvalue weighted by molar-refractivity contribution is -0.120. The van der Waals surface area contributed by atoms with Gasteiger partial charge in [-0.05, 0) is 47.8 Å². The minimum atomic E-state index is -0.410. The van der Waals surface area contributed by atoms with Crippen LogP contribution >= 0.6 is 35.3 Å². The number of thioether (sulfide) groups is 3. The molecular weight excluding hydrogens is 396 g/mol. The molecule has 140 valence electrons. The highest BCUT2D eigenvalue weighted by atomic mass is 32.2. The fraction of sp³-hybridized carbons (Fsp3) is 0.300. The molecule has 1 unspecified atom stereocenters. The predicted molar refractivity (Wildman–Crippen MR) is 117 cm³/mol. The smallest absolute Gasteiger partial charge is 0.238 e. The zero-order valence-corrected chi connectivity index (χ0v) is 17.1.